The van der Waals surface area contributed by atoms with E-state index in [1.54, 1.807) is 12.4 Å². The normalized spacial score (nSPS) is 12.3. The van der Waals surface area contributed by atoms with Crippen LogP contribution in [0.4, 0.5) is 0 Å². The predicted octanol–water partition coefficient (Wildman–Crippen LogP) is 2.54. The Hall–Kier alpha value is -1.58. The molecule has 1 atom stereocenters. The highest BCUT2D eigenvalue weighted by molar-refractivity contribution is 5.77. The molecule has 1 aromatic heterocycles. The number of esters is 1. The molecule has 1 aromatic rings. The van der Waals surface area contributed by atoms with E-state index in [1.165, 1.54) is 7.11 Å². The van der Waals surface area contributed by atoms with Gasteiger partial charge in [0.05, 0.1) is 25.3 Å². The van der Waals surface area contributed by atoms with Gasteiger partial charge in [0, 0.05) is 6.20 Å². The topological polar surface area (TPSA) is 48.4 Å². The van der Waals surface area contributed by atoms with Gasteiger partial charge >= 0.3 is 5.97 Å². The van der Waals surface area contributed by atoms with Crippen LogP contribution in [0, 0.1) is 0 Å². The lowest BCUT2D eigenvalue weighted by Crippen LogP contribution is -2.14. The molecule has 94 valence electrons. The van der Waals surface area contributed by atoms with Gasteiger partial charge in [-0.2, -0.15) is 0 Å². The van der Waals surface area contributed by atoms with Crippen LogP contribution < -0.4 is 4.74 Å². The Labute approximate surface area is 102 Å². The highest BCUT2D eigenvalue weighted by Gasteiger charge is 2.20. The Morgan fingerprint density at radius 1 is 1.41 bits per heavy atom. The van der Waals surface area contributed by atoms with Crippen molar-refractivity contribution >= 4 is 5.97 Å². The largest absolute Gasteiger partial charge is 0.489 e. The summed E-state index contributed by atoms with van der Waals surface area (Å²) in [6.45, 7) is 5.84. The van der Waals surface area contributed by atoms with E-state index in [-0.39, 0.29) is 18.0 Å². The zero-order valence-corrected chi connectivity index (χ0v) is 10.8. The Balaban J connectivity index is 2.92. The monoisotopic (exact) mass is 237 g/mol. The van der Waals surface area contributed by atoms with Crippen LogP contribution in [0.3, 0.4) is 0 Å². The molecule has 0 aliphatic carbocycles. The van der Waals surface area contributed by atoms with Crippen LogP contribution in [0.15, 0.2) is 18.5 Å². The quantitative estimate of drug-likeness (QED) is 0.738. The Morgan fingerprint density at radius 2 is 2.12 bits per heavy atom. The van der Waals surface area contributed by atoms with Gasteiger partial charge in [0.25, 0.3) is 0 Å². The van der Waals surface area contributed by atoms with Crippen molar-refractivity contribution in [3.05, 3.63) is 24.0 Å². The van der Waals surface area contributed by atoms with Gasteiger partial charge in [-0.1, -0.05) is 6.92 Å². The molecular weight excluding hydrogens is 218 g/mol. The predicted molar refractivity (Wildman–Crippen MR) is 65.0 cm³/mol. The second-order valence-electron chi connectivity index (χ2n) is 4.10. The fourth-order valence-corrected chi connectivity index (χ4v) is 1.64. The number of hydrogen-bond acceptors (Lipinski definition) is 4. The Bertz CT molecular complexity index is 377. The van der Waals surface area contributed by atoms with Crippen LogP contribution in [0.1, 0.15) is 38.7 Å². The fourth-order valence-electron chi connectivity index (χ4n) is 1.64. The maximum absolute atomic E-state index is 11.6. The molecule has 0 saturated heterocycles. The average Bonchev–Trinajstić information content (AvgIpc) is 2.29. The van der Waals surface area contributed by atoms with E-state index in [1.807, 2.05) is 26.8 Å². The summed E-state index contributed by atoms with van der Waals surface area (Å²) < 4.78 is 10.3. The molecule has 0 aromatic carbocycles. The van der Waals surface area contributed by atoms with E-state index in [0.717, 1.165) is 5.56 Å². The minimum absolute atomic E-state index is 0.0882. The molecule has 4 heteroatoms. The molecule has 1 unspecified atom stereocenters. The van der Waals surface area contributed by atoms with Crippen molar-refractivity contribution in [2.24, 2.45) is 0 Å². The van der Waals surface area contributed by atoms with Crippen molar-refractivity contribution in [1.82, 2.24) is 4.98 Å². The van der Waals surface area contributed by atoms with Gasteiger partial charge in [0.1, 0.15) is 5.75 Å². The molecule has 0 radical (unpaired) electrons. The summed E-state index contributed by atoms with van der Waals surface area (Å²) in [6, 6.07) is 1.85. The molecule has 1 rings (SSSR count). The Kier molecular flexibility index (Phi) is 4.94. The summed E-state index contributed by atoms with van der Waals surface area (Å²) in [5, 5.41) is 0. The molecule has 0 fully saturated rings. The number of hydrogen-bond donors (Lipinski definition) is 0. The van der Waals surface area contributed by atoms with Gasteiger partial charge in [-0.3, -0.25) is 9.78 Å². The van der Waals surface area contributed by atoms with Gasteiger partial charge in [-0.15, -0.1) is 0 Å². The minimum Gasteiger partial charge on any atom is -0.489 e. The number of rotatable bonds is 5. The lowest BCUT2D eigenvalue weighted by molar-refractivity contribution is -0.142. The third-order valence-electron chi connectivity index (χ3n) is 2.40. The molecule has 0 amide bonds. The first-order valence-electron chi connectivity index (χ1n) is 5.77. The Morgan fingerprint density at radius 3 is 2.65 bits per heavy atom. The molecule has 0 N–H and O–H groups in total. The van der Waals surface area contributed by atoms with Crippen molar-refractivity contribution < 1.29 is 14.3 Å². The third-order valence-corrected chi connectivity index (χ3v) is 2.40. The first-order chi connectivity index (χ1) is 8.08. The van der Waals surface area contributed by atoms with Gasteiger partial charge < -0.3 is 9.47 Å². The molecule has 0 saturated carbocycles. The van der Waals surface area contributed by atoms with Crippen molar-refractivity contribution in [3.8, 4) is 5.75 Å². The van der Waals surface area contributed by atoms with Gasteiger partial charge in [-0.05, 0) is 31.9 Å². The van der Waals surface area contributed by atoms with Crippen LogP contribution in [0.2, 0.25) is 0 Å². The lowest BCUT2D eigenvalue weighted by Gasteiger charge is -2.14. The summed E-state index contributed by atoms with van der Waals surface area (Å²) in [4.78, 5) is 15.7. The molecule has 4 nitrogen and oxygen atoms in total. The molecule has 0 spiro atoms. The number of nitrogens with zero attached hydrogens (tertiary/aromatic N) is 1. The molecule has 0 aliphatic rings. The molecule has 0 aliphatic heterocycles. The SMILES string of the molecule is CCC(C(=O)OC)c1cncc(OC(C)C)c1. The van der Waals surface area contributed by atoms with E-state index in [4.69, 9.17) is 9.47 Å². The van der Waals surface area contributed by atoms with E-state index in [0.29, 0.717) is 12.2 Å². The maximum atomic E-state index is 11.6. The first kappa shape index (κ1) is 13.5. The van der Waals surface area contributed by atoms with Gasteiger partial charge in [-0.25, -0.2) is 0 Å². The van der Waals surface area contributed by atoms with Crippen LogP contribution in [-0.4, -0.2) is 24.2 Å². The number of carbonyl (C=O) groups excluding carboxylic acids is 1. The fraction of sp³-hybridized carbons (Fsp3) is 0.538. The van der Waals surface area contributed by atoms with E-state index in [9.17, 15) is 4.79 Å². The highest BCUT2D eigenvalue weighted by Crippen LogP contribution is 2.24. The van der Waals surface area contributed by atoms with Gasteiger partial charge in [0.2, 0.25) is 0 Å². The van der Waals surface area contributed by atoms with Gasteiger partial charge in [0.15, 0.2) is 0 Å². The summed E-state index contributed by atoms with van der Waals surface area (Å²) in [5.74, 6) is 0.166. The molecule has 17 heavy (non-hydrogen) atoms. The standard InChI is InChI=1S/C13H19NO3/c1-5-12(13(15)16-4)10-6-11(8-14-7-10)17-9(2)3/h6-9,12H,5H2,1-4H3. The summed E-state index contributed by atoms with van der Waals surface area (Å²) in [6.07, 6.45) is 4.09. The molecular formula is C13H19NO3. The number of pyridine rings is 1. The van der Waals surface area contributed by atoms with Crippen LogP contribution in [0.5, 0.6) is 5.75 Å². The van der Waals surface area contributed by atoms with Crippen molar-refractivity contribution in [3.63, 3.8) is 0 Å². The van der Waals surface area contributed by atoms with E-state index >= 15 is 0 Å². The first-order valence-corrected chi connectivity index (χ1v) is 5.77. The van der Waals surface area contributed by atoms with Crippen molar-refractivity contribution in [2.75, 3.05) is 7.11 Å². The summed E-state index contributed by atoms with van der Waals surface area (Å²) in [7, 11) is 1.40. The minimum atomic E-state index is -0.275. The van der Waals surface area contributed by atoms with E-state index in [2.05, 4.69) is 4.98 Å². The second-order valence-corrected chi connectivity index (χ2v) is 4.10. The zero-order valence-electron chi connectivity index (χ0n) is 10.8. The second kappa shape index (κ2) is 6.23. The number of methoxy groups -OCH3 is 1. The highest BCUT2D eigenvalue weighted by atomic mass is 16.5. The zero-order chi connectivity index (χ0) is 12.8. The smallest absolute Gasteiger partial charge is 0.313 e. The molecule has 0 bridgehead atoms. The van der Waals surface area contributed by atoms with E-state index < -0.39 is 0 Å². The number of carbonyl (C=O) groups is 1. The lowest BCUT2D eigenvalue weighted by atomic mass is 9.98. The number of ether oxygens (including phenoxy) is 2. The van der Waals surface area contributed by atoms with Crippen LogP contribution >= 0.6 is 0 Å². The summed E-state index contributed by atoms with van der Waals surface area (Å²) >= 11 is 0. The maximum Gasteiger partial charge on any atom is 0.313 e. The van der Waals surface area contributed by atoms with Crippen molar-refractivity contribution in [2.45, 2.75) is 39.2 Å². The number of aromatic nitrogens is 1. The summed E-state index contributed by atoms with van der Waals surface area (Å²) in [5.41, 5.74) is 0.831. The van der Waals surface area contributed by atoms with Crippen molar-refractivity contribution in [1.29, 1.82) is 0 Å². The average molecular weight is 237 g/mol. The van der Waals surface area contributed by atoms with Crippen LogP contribution in [-0.2, 0) is 9.53 Å². The third kappa shape index (κ3) is 3.73. The molecule has 1 heterocycles. The van der Waals surface area contributed by atoms with Crippen LogP contribution in [0.25, 0.3) is 0 Å².